The number of H-pyrrole nitrogens is 1. The largest absolute Gasteiger partial charge is 0.339 e. The minimum atomic E-state index is 0.518. The third-order valence-corrected chi connectivity index (χ3v) is 2.54. The Morgan fingerprint density at radius 2 is 1.86 bits per heavy atom. The van der Waals surface area contributed by atoms with Gasteiger partial charge in [0.25, 0.3) is 0 Å². The molecule has 0 aliphatic carbocycles. The van der Waals surface area contributed by atoms with E-state index in [1.165, 1.54) is 5.39 Å². The van der Waals surface area contributed by atoms with Crippen molar-refractivity contribution in [3.8, 4) is 0 Å². The fourth-order valence-electron chi connectivity index (χ4n) is 1.70. The van der Waals surface area contributed by atoms with Gasteiger partial charge in [0.15, 0.2) is 0 Å². The van der Waals surface area contributed by atoms with Gasteiger partial charge in [0.05, 0.1) is 0 Å². The first-order valence-corrected chi connectivity index (χ1v) is 4.75. The molecule has 1 N–H and O–H groups in total. The molecule has 3 rings (SSSR count). The van der Waals surface area contributed by atoms with Crippen molar-refractivity contribution in [1.29, 1.82) is 0 Å². The molecule has 0 fully saturated rings. The lowest BCUT2D eigenvalue weighted by Gasteiger charge is -1.89. The van der Waals surface area contributed by atoms with Crippen LogP contribution in [0, 0.1) is 0 Å². The summed E-state index contributed by atoms with van der Waals surface area (Å²) in [6, 6.07) is 11.9. The van der Waals surface area contributed by atoms with E-state index in [4.69, 9.17) is 11.6 Å². The van der Waals surface area contributed by atoms with Crippen LogP contribution in [0.4, 0.5) is 0 Å². The lowest BCUT2D eigenvalue weighted by Crippen LogP contribution is -1.75. The first-order chi connectivity index (χ1) is 6.84. The number of hydrogen-bond acceptors (Lipinski definition) is 1. The van der Waals surface area contributed by atoms with Crippen LogP contribution in [-0.2, 0) is 0 Å². The molecule has 3 heteroatoms. The van der Waals surface area contributed by atoms with Gasteiger partial charge in [-0.2, -0.15) is 0 Å². The lowest BCUT2D eigenvalue weighted by atomic mass is 10.2. The van der Waals surface area contributed by atoms with E-state index >= 15 is 0 Å². The summed E-state index contributed by atoms with van der Waals surface area (Å²) in [5, 5.41) is 2.82. The van der Waals surface area contributed by atoms with Crippen molar-refractivity contribution in [3.05, 3.63) is 41.6 Å². The Morgan fingerprint density at radius 1 is 1.00 bits per heavy atom. The van der Waals surface area contributed by atoms with Crippen molar-refractivity contribution in [2.24, 2.45) is 0 Å². The first-order valence-electron chi connectivity index (χ1n) is 4.37. The predicted octanol–water partition coefficient (Wildman–Crippen LogP) is 3.37. The summed E-state index contributed by atoms with van der Waals surface area (Å²) < 4.78 is 0. The topological polar surface area (TPSA) is 28.7 Å². The Morgan fingerprint density at radius 3 is 2.79 bits per heavy atom. The average molecular weight is 203 g/mol. The molecule has 3 aromatic rings. The maximum absolute atomic E-state index is 5.82. The molecular formula is C11H7ClN2. The Kier molecular flexibility index (Phi) is 1.52. The number of halogens is 1. The number of aromatic nitrogens is 2. The third kappa shape index (κ3) is 1.01. The van der Waals surface area contributed by atoms with E-state index in [9.17, 15) is 0 Å². The molecule has 68 valence electrons. The molecule has 0 amide bonds. The number of rotatable bonds is 0. The number of nitrogens with one attached hydrogen (secondary N) is 1. The smallest absolute Gasteiger partial charge is 0.140 e. The molecule has 2 nitrogen and oxygen atoms in total. The predicted molar refractivity (Wildman–Crippen MR) is 58.6 cm³/mol. The van der Waals surface area contributed by atoms with Crippen LogP contribution in [0.2, 0.25) is 5.15 Å². The van der Waals surface area contributed by atoms with Gasteiger partial charge in [0.1, 0.15) is 10.8 Å². The highest BCUT2D eigenvalue weighted by Gasteiger charge is 2.03. The fourth-order valence-corrected chi connectivity index (χ4v) is 1.85. The number of fused-ring (bicyclic) bond motifs is 3. The standard InChI is InChI=1S/C11H7ClN2/c12-10-6-5-8-7-3-1-2-4-9(7)13-11(8)14-10/h1-6H,(H,13,14). The Balaban J connectivity index is 2.57. The number of aromatic amines is 1. The lowest BCUT2D eigenvalue weighted by molar-refractivity contribution is 1.35. The summed E-state index contributed by atoms with van der Waals surface area (Å²) in [5.74, 6) is 0. The highest BCUT2D eigenvalue weighted by molar-refractivity contribution is 6.30. The van der Waals surface area contributed by atoms with Crippen LogP contribution in [0.5, 0.6) is 0 Å². The molecule has 0 saturated heterocycles. The Hall–Kier alpha value is -1.54. The second-order valence-corrected chi connectivity index (χ2v) is 3.59. The Bertz CT molecular complexity index is 613. The summed E-state index contributed by atoms with van der Waals surface area (Å²) in [7, 11) is 0. The molecule has 0 saturated carbocycles. The van der Waals surface area contributed by atoms with Gasteiger partial charge in [0.2, 0.25) is 0 Å². The molecule has 0 unspecified atom stereocenters. The van der Waals surface area contributed by atoms with Crippen LogP contribution >= 0.6 is 11.6 Å². The molecule has 0 aliphatic rings. The zero-order valence-electron chi connectivity index (χ0n) is 7.29. The van der Waals surface area contributed by atoms with Crippen LogP contribution in [0.1, 0.15) is 0 Å². The second kappa shape index (κ2) is 2.72. The zero-order chi connectivity index (χ0) is 9.54. The summed E-state index contributed by atoms with van der Waals surface area (Å²) in [4.78, 5) is 7.45. The van der Waals surface area contributed by atoms with Gasteiger partial charge in [-0.15, -0.1) is 0 Å². The third-order valence-electron chi connectivity index (χ3n) is 2.33. The van der Waals surface area contributed by atoms with E-state index < -0.39 is 0 Å². The van der Waals surface area contributed by atoms with Gasteiger partial charge in [-0.05, 0) is 18.2 Å². The van der Waals surface area contributed by atoms with Gasteiger partial charge in [-0.1, -0.05) is 29.8 Å². The van der Waals surface area contributed by atoms with Gasteiger partial charge in [-0.25, -0.2) is 4.98 Å². The quantitative estimate of drug-likeness (QED) is 0.557. The summed E-state index contributed by atoms with van der Waals surface area (Å²) in [5.41, 5.74) is 1.94. The van der Waals surface area contributed by atoms with E-state index in [1.807, 2.05) is 30.3 Å². The van der Waals surface area contributed by atoms with Crippen molar-refractivity contribution in [2.45, 2.75) is 0 Å². The van der Waals surface area contributed by atoms with E-state index in [-0.39, 0.29) is 0 Å². The van der Waals surface area contributed by atoms with Crippen LogP contribution in [0.15, 0.2) is 36.4 Å². The van der Waals surface area contributed by atoms with Crippen molar-refractivity contribution in [3.63, 3.8) is 0 Å². The van der Waals surface area contributed by atoms with E-state index in [2.05, 4.69) is 16.0 Å². The maximum Gasteiger partial charge on any atom is 0.140 e. The number of hydrogen-bond donors (Lipinski definition) is 1. The molecule has 2 aromatic heterocycles. The summed E-state index contributed by atoms with van der Waals surface area (Å²) in [6.45, 7) is 0. The van der Waals surface area contributed by atoms with Crippen molar-refractivity contribution < 1.29 is 0 Å². The SMILES string of the molecule is Clc1ccc2c(n1)[nH]c1ccccc12. The number of pyridine rings is 1. The van der Waals surface area contributed by atoms with Crippen molar-refractivity contribution in [1.82, 2.24) is 9.97 Å². The molecule has 1 aromatic carbocycles. The number of benzene rings is 1. The fraction of sp³-hybridized carbons (Fsp3) is 0. The van der Waals surface area contributed by atoms with Crippen LogP contribution < -0.4 is 0 Å². The monoisotopic (exact) mass is 202 g/mol. The molecule has 2 heterocycles. The van der Waals surface area contributed by atoms with Crippen molar-refractivity contribution in [2.75, 3.05) is 0 Å². The van der Waals surface area contributed by atoms with Crippen LogP contribution in [-0.4, -0.2) is 9.97 Å². The minimum Gasteiger partial charge on any atom is -0.339 e. The van der Waals surface area contributed by atoms with E-state index in [1.54, 1.807) is 0 Å². The highest BCUT2D eigenvalue weighted by atomic mass is 35.5. The van der Waals surface area contributed by atoms with Crippen LogP contribution in [0.3, 0.4) is 0 Å². The van der Waals surface area contributed by atoms with Crippen LogP contribution in [0.25, 0.3) is 21.9 Å². The van der Waals surface area contributed by atoms with Gasteiger partial charge in [0, 0.05) is 16.3 Å². The molecule has 0 radical (unpaired) electrons. The Labute approximate surface area is 85.5 Å². The first kappa shape index (κ1) is 7.83. The van der Waals surface area contributed by atoms with Gasteiger partial charge < -0.3 is 4.98 Å². The van der Waals surface area contributed by atoms with Gasteiger partial charge in [-0.3, -0.25) is 0 Å². The summed E-state index contributed by atoms with van der Waals surface area (Å²) in [6.07, 6.45) is 0. The van der Waals surface area contributed by atoms with Crippen molar-refractivity contribution >= 4 is 33.5 Å². The number of nitrogens with zero attached hydrogens (tertiary/aromatic N) is 1. The minimum absolute atomic E-state index is 0.518. The number of para-hydroxylation sites is 1. The maximum atomic E-state index is 5.82. The summed E-state index contributed by atoms with van der Waals surface area (Å²) >= 11 is 5.82. The molecule has 0 bridgehead atoms. The normalized spacial score (nSPS) is 11.2. The average Bonchev–Trinajstić information content (AvgIpc) is 2.54. The van der Waals surface area contributed by atoms with Gasteiger partial charge >= 0.3 is 0 Å². The van der Waals surface area contributed by atoms with E-state index in [0.717, 1.165) is 16.6 Å². The molecule has 0 aliphatic heterocycles. The van der Waals surface area contributed by atoms with E-state index in [0.29, 0.717) is 5.15 Å². The molecular weight excluding hydrogens is 196 g/mol. The molecule has 0 spiro atoms. The second-order valence-electron chi connectivity index (χ2n) is 3.20. The molecule has 0 atom stereocenters. The zero-order valence-corrected chi connectivity index (χ0v) is 8.05. The highest BCUT2D eigenvalue weighted by Crippen LogP contribution is 2.24. The molecule has 14 heavy (non-hydrogen) atoms.